The van der Waals surface area contributed by atoms with E-state index >= 15 is 0 Å². The molecule has 0 fully saturated rings. The van der Waals surface area contributed by atoms with Crippen LogP contribution in [0.1, 0.15) is 45.2 Å². The minimum absolute atomic E-state index is 0.559. The quantitative estimate of drug-likeness (QED) is 0.784. The van der Waals surface area contributed by atoms with Gasteiger partial charge in [0.1, 0.15) is 0 Å². The molecule has 0 aromatic heterocycles. The number of rotatable bonds is 6. The molecule has 0 saturated heterocycles. The molecule has 0 spiro atoms. The lowest BCUT2D eigenvalue weighted by Gasteiger charge is -2.23. The van der Waals surface area contributed by atoms with Crippen molar-refractivity contribution >= 4 is 0 Å². The molecule has 0 unspecified atom stereocenters. The Hall–Kier alpha value is -0.820. The van der Waals surface area contributed by atoms with E-state index in [1.54, 1.807) is 0 Å². The Morgan fingerprint density at radius 3 is 2.06 bits per heavy atom. The molecule has 96 valence electrons. The van der Waals surface area contributed by atoms with E-state index in [2.05, 4.69) is 64.2 Å². The molecule has 0 bridgehead atoms. The maximum absolute atomic E-state index is 3.67. The lowest BCUT2D eigenvalue weighted by Crippen LogP contribution is -2.37. The third-order valence-corrected chi connectivity index (χ3v) is 2.93. The Kier molecular flexibility index (Phi) is 5.70. The van der Waals surface area contributed by atoms with Crippen LogP contribution in [0.3, 0.4) is 0 Å². The average molecular weight is 233 g/mol. The predicted molar refractivity (Wildman–Crippen MR) is 76.4 cm³/mol. The van der Waals surface area contributed by atoms with Crippen LogP contribution >= 0.6 is 0 Å². The van der Waals surface area contributed by atoms with E-state index in [-0.39, 0.29) is 0 Å². The van der Waals surface area contributed by atoms with Crippen molar-refractivity contribution in [3.05, 3.63) is 35.4 Å². The van der Waals surface area contributed by atoms with Crippen LogP contribution in [0.2, 0.25) is 0 Å². The molecule has 1 heteroatoms. The standard InChI is InChI=1S/C16H27N/c1-12(2)10-16(17-13(3)4)11-15-8-6-14(5)7-9-15/h6-9,12-13,16-17H,10-11H2,1-5H3/t16-/m1/s1. The van der Waals surface area contributed by atoms with Gasteiger partial charge in [-0.2, -0.15) is 0 Å². The second kappa shape index (κ2) is 6.80. The van der Waals surface area contributed by atoms with E-state index in [0.29, 0.717) is 12.1 Å². The van der Waals surface area contributed by atoms with Gasteiger partial charge in [-0.1, -0.05) is 57.5 Å². The molecule has 1 atom stereocenters. The van der Waals surface area contributed by atoms with Gasteiger partial charge < -0.3 is 5.32 Å². The third-order valence-electron chi connectivity index (χ3n) is 2.93. The Morgan fingerprint density at radius 2 is 1.59 bits per heavy atom. The lowest BCUT2D eigenvalue weighted by atomic mass is 9.96. The normalized spacial score (nSPS) is 13.4. The molecule has 0 amide bonds. The molecule has 17 heavy (non-hydrogen) atoms. The molecule has 0 aliphatic carbocycles. The highest BCUT2D eigenvalue weighted by molar-refractivity contribution is 5.22. The zero-order valence-corrected chi connectivity index (χ0v) is 12.0. The maximum atomic E-state index is 3.67. The smallest absolute Gasteiger partial charge is 0.0112 e. The first kappa shape index (κ1) is 14.2. The summed E-state index contributed by atoms with van der Waals surface area (Å²) in [5.74, 6) is 0.747. The highest BCUT2D eigenvalue weighted by atomic mass is 14.9. The van der Waals surface area contributed by atoms with Crippen molar-refractivity contribution in [2.45, 2.75) is 59.5 Å². The van der Waals surface area contributed by atoms with Gasteiger partial charge in [0, 0.05) is 12.1 Å². The summed E-state index contributed by atoms with van der Waals surface area (Å²) in [7, 11) is 0. The maximum Gasteiger partial charge on any atom is 0.0112 e. The van der Waals surface area contributed by atoms with Crippen LogP contribution in [-0.4, -0.2) is 12.1 Å². The summed E-state index contributed by atoms with van der Waals surface area (Å²) < 4.78 is 0. The zero-order chi connectivity index (χ0) is 12.8. The van der Waals surface area contributed by atoms with E-state index in [4.69, 9.17) is 0 Å². The van der Waals surface area contributed by atoms with E-state index in [0.717, 1.165) is 12.3 Å². The van der Waals surface area contributed by atoms with Crippen LogP contribution in [0.25, 0.3) is 0 Å². The minimum atomic E-state index is 0.559. The summed E-state index contributed by atoms with van der Waals surface area (Å²) in [6.45, 7) is 11.2. The predicted octanol–water partition coefficient (Wildman–Crippen LogP) is 3.95. The first-order chi connectivity index (χ1) is 7.97. The van der Waals surface area contributed by atoms with Crippen LogP contribution in [0.4, 0.5) is 0 Å². The first-order valence-corrected chi connectivity index (χ1v) is 6.79. The fraction of sp³-hybridized carbons (Fsp3) is 0.625. The highest BCUT2D eigenvalue weighted by Crippen LogP contribution is 2.12. The summed E-state index contributed by atoms with van der Waals surface area (Å²) in [5.41, 5.74) is 2.78. The molecule has 1 N–H and O–H groups in total. The SMILES string of the molecule is Cc1ccc(C[C@@H](CC(C)C)NC(C)C)cc1. The van der Waals surface area contributed by atoms with Crippen molar-refractivity contribution in [1.29, 1.82) is 0 Å². The molecular formula is C16H27N. The molecule has 1 rings (SSSR count). The second-order valence-electron chi connectivity index (χ2n) is 5.84. The summed E-state index contributed by atoms with van der Waals surface area (Å²) in [6.07, 6.45) is 2.38. The van der Waals surface area contributed by atoms with Crippen molar-refractivity contribution in [2.75, 3.05) is 0 Å². The summed E-state index contributed by atoms with van der Waals surface area (Å²) in [6, 6.07) is 10.1. The average Bonchev–Trinajstić information content (AvgIpc) is 2.19. The molecule has 0 radical (unpaired) electrons. The Balaban J connectivity index is 2.61. The van der Waals surface area contributed by atoms with Crippen LogP contribution < -0.4 is 5.32 Å². The van der Waals surface area contributed by atoms with Gasteiger partial charge >= 0.3 is 0 Å². The van der Waals surface area contributed by atoms with E-state index in [9.17, 15) is 0 Å². The van der Waals surface area contributed by atoms with E-state index < -0.39 is 0 Å². The summed E-state index contributed by atoms with van der Waals surface area (Å²) in [4.78, 5) is 0. The topological polar surface area (TPSA) is 12.0 Å². The van der Waals surface area contributed by atoms with Crippen molar-refractivity contribution in [3.8, 4) is 0 Å². The number of nitrogens with one attached hydrogen (secondary N) is 1. The van der Waals surface area contributed by atoms with Gasteiger partial charge in [0.2, 0.25) is 0 Å². The monoisotopic (exact) mass is 233 g/mol. The number of aryl methyl sites for hydroxylation is 1. The minimum Gasteiger partial charge on any atom is -0.311 e. The molecule has 1 aromatic carbocycles. The number of hydrogen-bond donors (Lipinski definition) is 1. The highest BCUT2D eigenvalue weighted by Gasteiger charge is 2.12. The van der Waals surface area contributed by atoms with Gasteiger partial charge in [-0.3, -0.25) is 0 Å². The fourth-order valence-electron chi connectivity index (χ4n) is 2.26. The molecular weight excluding hydrogens is 206 g/mol. The van der Waals surface area contributed by atoms with Gasteiger partial charge in [0.05, 0.1) is 0 Å². The van der Waals surface area contributed by atoms with E-state index in [1.165, 1.54) is 17.5 Å². The third kappa shape index (κ3) is 5.88. The molecule has 0 aliphatic heterocycles. The van der Waals surface area contributed by atoms with Crippen molar-refractivity contribution in [1.82, 2.24) is 5.32 Å². The van der Waals surface area contributed by atoms with Gasteiger partial charge in [-0.05, 0) is 31.2 Å². The van der Waals surface area contributed by atoms with Gasteiger partial charge in [-0.15, -0.1) is 0 Å². The van der Waals surface area contributed by atoms with Crippen molar-refractivity contribution < 1.29 is 0 Å². The first-order valence-electron chi connectivity index (χ1n) is 6.79. The van der Waals surface area contributed by atoms with Gasteiger partial charge in [0.25, 0.3) is 0 Å². The summed E-state index contributed by atoms with van der Waals surface area (Å²) >= 11 is 0. The van der Waals surface area contributed by atoms with Crippen molar-refractivity contribution in [3.63, 3.8) is 0 Å². The number of benzene rings is 1. The second-order valence-corrected chi connectivity index (χ2v) is 5.84. The molecule has 1 nitrogen and oxygen atoms in total. The molecule has 0 aliphatic rings. The fourth-order valence-corrected chi connectivity index (χ4v) is 2.26. The van der Waals surface area contributed by atoms with Crippen LogP contribution in [0, 0.1) is 12.8 Å². The Morgan fingerprint density at radius 1 is 1.00 bits per heavy atom. The molecule has 0 heterocycles. The van der Waals surface area contributed by atoms with Crippen LogP contribution in [0.15, 0.2) is 24.3 Å². The lowest BCUT2D eigenvalue weighted by molar-refractivity contribution is 0.389. The van der Waals surface area contributed by atoms with Gasteiger partial charge in [0.15, 0.2) is 0 Å². The van der Waals surface area contributed by atoms with Crippen molar-refractivity contribution in [2.24, 2.45) is 5.92 Å². The number of hydrogen-bond acceptors (Lipinski definition) is 1. The Labute approximate surface area is 107 Å². The Bertz CT molecular complexity index is 301. The van der Waals surface area contributed by atoms with Gasteiger partial charge in [-0.25, -0.2) is 0 Å². The molecule has 0 saturated carbocycles. The molecule has 1 aromatic rings. The van der Waals surface area contributed by atoms with E-state index in [1.807, 2.05) is 0 Å². The zero-order valence-electron chi connectivity index (χ0n) is 12.0. The van der Waals surface area contributed by atoms with Crippen LogP contribution in [0.5, 0.6) is 0 Å². The largest absolute Gasteiger partial charge is 0.311 e. The van der Waals surface area contributed by atoms with Crippen LogP contribution in [-0.2, 0) is 6.42 Å². The summed E-state index contributed by atoms with van der Waals surface area (Å²) in [5, 5.41) is 3.67.